The summed E-state index contributed by atoms with van der Waals surface area (Å²) in [6.07, 6.45) is 0.228. The van der Waals surface area contributed by atoms with Crippen molar-refractivity contribution in [2.75, 3.05) is 7.11 Å². The first kappa shape index (κ1) is 10.8. The summed E-state index contributed by atoms with van der Waals surface area (Å²) in [6, 6.07) is 5.55. The van der Waals surface area contributed by atoms with Crippen LogP contribution in [0.15, 0.2) is 18.2 Å². The highest BCUT2D eigenvalue weighted by molar-refractivity contribution is 14.1. The van der Waals surface area contributed by atoms with Crippen molar-refractivity contribution in [2.24, 2.45) is 0 Å². The SMILES string of the molecule is COC(=O)Cc1cc(I)ccc1Cl. The van der Waals surface area contributed by atoms with E-state index in [1.165, 1.54) is 7.11 Å². The van der Waals surface area contributed by atoms with E-state index in [1.54, 1.807) is 6.07 Å². The molecule has 0 atom stereocenters. The second kappa shape index (κ2) is 4.81. The average Bonchev–Trinajstić information content (AvgIpc) is 2.11. The van der Waals surface area contributed by atoms with Crippen LogP contribution in [0.1, 0.15) is 5.56 Å². The molecule has 13 heavy (non-hydrogen) atoms. The lowest BCUT2D eigenvalue weighted by atomic mass is 10.1. The van der Waals surface area contributed by atoms with E-state index in [0.717, 1.165) is 9.13 Å². The molecule has 2 nitrogen and oxygen atoms in total. The van der Waals surface area contributed by atoms with E-state index in [9.17, 15) is 4.79 Å². The summed E-state index contributed by atoms with van der Waals surface area (Å²) >= 11 is 8.06. The van der Waals surface area contributed by atoms with Gasteiger partial charge in [0.2, 0.25) is 0 Å². The molecule has 4 heteroatoms. The van der Waals surface area contributed by atoms with Crippen molar-refractivity contribution in [3.05, 3.63) is 32.4 Å². The van der Waals surface area contributed by atoms with Gasteiger partial charge < -0.3 is 4.74 Å². The average molecular weight is 311 g/mol. The minimum Gasteiger partial charge on any atom is -0.469 e. The minimum atomic E-state index is -0.274. The molecule has 0 radical (unpaired) electrons. The number of hydrogen-bond acceptors (Lipinski definition) is 2. The second-order valence-electron chi connectivity index (χ2n) is 2.49. The van der Waals surface area contributed by atoms with E-state index in [4.69, 9.17) is 11.6 Å². The van der Waals surface area contributed by atoms with Crippen LogP contribution in [0.2, 0.25) is 5.02 Å². The largest absolute Gasteiger partial charge is 0.469 e. The lowest BCUT2D eigenvalue weighted by Crippen LogP contribution is -2.04. The van der Waals surface area contributed by atoms with E-state index in [1.807, 2.05) is 12.1 Å². The normalized spacial score (nSPS) is 9.77. The molecule has 0 bridgehead atoms. The summed E-state index contributed by atoms with van der Waals surface area (Å²) in [5.41, 5.74) is 0.806. The molecule has 0 aromatic heterocycles. The molecular weight excluding hydrogens is 302 g/mol. The summed E-state index contributed by atoms with van der Waals surface area (Å²) in [5, 5.41) is 0.603. The maximum Gasteiger partial charge on any atom is 0.310 e. The van der Waals surface area contributed by atoms with Crippen molar-refractivity contribution < 1.29 is 9.53 Å². The number of carbonyl (C=O) groups is 1. The first-order valence-corrected chi connectivity index (χ1v) is 5.10. The van der Waals surface area contributed by atoms with Crippen LogP contribution < -0.4 is 0 Å². The van der Waals surface area contributed by atoms with E-state index in [-0.39, 0.29) is 12.4 Å². The molecule has 0 N–H and O–H groups in total. The van der Waals surface area contributed by atoms with Crippen LogP contribution in [0.3, 0.4) is 0 Å². The van der Waals surface area contributed by atoms with Crippen LogP contribution in [0.4, 0.5) is 0 Å². The first-order valence-electron chi connectivity index (χ1n) is 3.64. The van der Waals surface area contributed by atoms with Crippen LogP contribution in [0.25, 0.3) is 0 Å². The van der Waals surface area contributed by atoms with Crippen LogP contribution in [0, 0.1) is 3.57 Å². The quantitative estimate of drug-likeness (QED) is 0.620. The summed E-state index contributed by atoms with van der Waals surface area (Å²) in [4.78, 5) is 11.0. The fourth-order valence-electron chi connectivity index (χ4n) is 0.906. The predicted molar refractivity (Wildman–Crippen MR) is 59.9 cm³/mol. The van der Waals surface area contributed by atoms with Gasteiger partial charge in [0, 0.05) is 8.59 Å². The van der Waals surface area contributed by atoms with Crippen LogP contribution in [-0.2, 0) is 16.0 Å². The van der Waals surface area contributed by atoms with Crippen molar-refractivity contribution in [2.45, 2.75) is 6.42 Å². The number of hydrogen-bond donors (Lipinski definition) is 0. The number of benzene rings is 1. The van der Waals surface area contributed by atoms with Gasteiger partial charge in [-0.05, 0) is 46.4 Å². The number of ether oxygens (including phenoxy) is 1. The molecule has 0 spiro atoms. The van der Waals surface area contributed by atoms with Gasteiger partial charge in [0.15, 0.2) is 0 Å². The smallest absolute Gasteiger partial charge is 0.310 e. The summed E-state index contributed by atoms with van der Waals surface area (Å²) in [6.45, 7) is 0. The van der Waals surface area contributed by atoms with Gasteiger partial charge in [-0.25, -0.2) is 0 Å². The molecule has 70 valence electrons. The molecule has 0 aliphatic rings. The number of esters is 1. The van der Waals surface area contributed by atoms with Crippen LogP contribution >= 0.6 is 34.2 Å². The third kappa shape index (κ3) is 3.15. The van der Waals surface area contributed by atoms with Crippen molar-refractivity contribution in [3.63, 3.8) is 0 Å². The Morgan fingerprint density at radius 3 is 2.92 bits per heavy atom. The number of methoxy groups -OCH3 is 1. The molecule has 0 aliphatic carbocycles. The Bertz CT molecular complexity index is 325. The van der Waals surface area contributed by atoms with Gasteiger partial charge in [-0.15, -0.1) is 0 Å². The highest BCUT2D eigenvalue weighted by Gasteiger charge is 2.06. The monoisotopic (exact) mass is 310 g/mol. The van der Waals surface area contributed by atoms with Gasteiger partial charge in [-0.3, -0.25) is 4.79 Å². The fourth-order valence-corrected chi connectivity index (χ4v) is 1.65. The predicted octanol–water partition coefficient (Wildman–Crippen LogP) is 2.66. The number of rotatable bonds is 2. The zero-order valence-electron chi connectivity index (χ0n) is 7.01. The van der Waals surface area contributed by atoms with Crippen molar-refractivity contribution in [3.8, 4) is 0 Å². The molecule has 1 rings (SSSR count). The summed E-state index contributed by atoms with van der Waals surface area (Å²) in [7, 11) is 1.37. The highest BCUT2D eigenvalue weighted by atomic mass is 127. The van der Waals surface area contributed by atoms with Crippen molar-refractivity contribution >= 4 is 40.2 Å². The lowest BCUT2D eigenvalue weighted by molar-refractivity contribution is -0.139. The Morgan fingerprint density at radius 1 is 1.62 bits per heavy atom. The molecule has 0 fully saturated rings. The zero-order chi connectivity index (χ0) is 9.84. The van der Waals surface area contributed by atoms with Gasteiger partial charge in [0.05, 0.1) is 13.5 Å². The number of halogens is 2. The Morgan fingerprint density at radius 2 is 2.31 bits per heavy atom. The second-order valence-corrected chi connectivity index (χ2v) is 4.14. The molecule has 0 saturated heterocycles. The van der Waals surface area contributed by atoms with Crippen LogP contribution in [-0.4, -0.2) is 13.1 Å². The standard InChI is InChI=1S/C9H8ClIO2/c1-13-9(12)5-6-4-7(11)2-3-8(6)10/h2-4H,5H2,1H3. The van der Waals surface area contributed by atoms with E-state index in [0.29, 0.717) is 5.02 Å². The van der Waals surface area contributed by atoms with E-state index >= 15 is 0 Å². The van der Waals surface area contributed by atoms with Crippen molar-refractivity contribution in [1.82, 2.24) is 0 Å². The lowest BCUT2D eigenvalue weighted by Gasteiger charge is -2.02. The molecular formula is C9H8ClIO2. The van der Waals surface area contributed by atoms with Gasteiger partial charge in [-0.2, -0.15) is 0 Å². The molecule has 1 aromatic rings. The molecule has 0 heterocycles. The zero-order valence-corrected chi connectivity index (χ0v) is 9.93. The Labute approximate surface area is 95.4 Å². The topological polar surface area (TPSA) is 26.3 Å². The van der Waals surface area contributed by atoms with Gasteiger partial charge >= 0.3 is 5.97 Å². The number of carbonyl (C=O) groups excluding carboxylic acids is 1. The highest BCUT2D eigenvalue weighted by Crippen LogP contribution is 2.19. The Balaban J connectivity index is 2.87. The minimum absolute atomic E-state index is 0.228. The van der Waals surface area contributed by atoms with Gasteiger partial charge in [0.1, 0.15) is 0 Å². The van der Waals surface area contributed by atoms with Crippen molar-refractivity contribution in [1.29, 1.82) is 0 Å². The Kier molecular flexibility index (Phi) is 3.99. The molecule has 0 saturated carbocycles. The third-order valence-corrected chi connectivity index (χ3v) is 2.61. The maximum absolute atomic E-state index is 11.0. The summed E-state index contributed by atoms with van der Waals surface area (Å²) < 4.78 is 5.61. The molecule has 0 aliphatic heterocycles. The summed E-state index contributed by atoms with van der Waals surface area (Å²) in [5.74, 6) is -0.274. The maximum atomic E-state index is 11.0. The third-order valence-electron chi connectivity index (χ3n) is 1.57. The fraction of sp³-hybridized carbons (Fsp3) is 0.222. The molecule has 0 unspecified atom stereocenters. The van der Waals surface area contributed by atoms with E-state index in [2.05, 4.69) is 27.3 Å². The first-order chi connectivity index (χ1) is 6.13. The van der Waals surface area contributed by atoms with Gasteiger partial charge in [-0.1, -0.05) is 11.6 Å². The molecule has 0 amide bonds. The van der Waals surface area contributed by atoms with E-state index < -0.39 is 0 Å². The van der Waals surface area contributed by atoms with Crippen LogP contribution in [0.5, 0.6) is 0 Å². The van der Waals surface area contributed by atoms with Gasteiger partial charge in [0.25, 0.3) is 0 Å². The molecule has 1 aromatic carbocycles. The Hall–Kier alpha value is -0.290.